The molecule has 0 saturated carbocycles. The summed E-state index contributed by atoms with van der Waals surface area (Å²) in [6.45, 7) is 15.1. The largest absolute Gasteiger partial charge is 0.495 e. The first-order valence-corrected chi connectivity index (χ1v) is 49.7. The highest BCUT2D eigenvalue weighted by atomic mass is 19.4. The van der Waals surface area contributed by atoms with Gasteiger partial charge in [0, 0.05) is 129 Å². The molecule has 5 saturated heterocycles. The van der Waals surface area contributed by atoms with Crippen LogP contribution in [0.25, 0.3) is 67.1 Å². The molecule has 33 nitrogen and oxygen atoms in total. The molecule has 0 bridgehead atoms. The Morgan fingerprint density at radius 2 is 0.705 bits per heavy atom. The number of rotatable bonds is 29. The number of piperidine rings is 1. The predicted octanol–water partition coefficient (Wildman–Crippen LogP) is 18.2. The average molecular weight is 2010 g/mol. The Kier molecular flexibility index (Phi) is 32.1. The second-order valence-corrected chi connectivity index (χ2v) is 36.9. The van der Waals surface area contributed by atoms with Gasteiger partial charge in [-0.25, -0.2) is 39.9 Å². The molecule has 149 heavy (non-hydrogen) atoms. The number of nitrogens with zero attached hydrogens (tertiary/aromatic N) is 20. The maximum absolute atomic E-state index is 13.3. The van der Waals surface area contributed by atoms with Crippen molar-refractivity contribution in [3.8, 4) is 73.8 Å². The van der Waals surface area contributed by atoms with Gasteiger partial charge in [-0.2, -0.15) is 13.2 Å². The second-order valence-electron chi connectivity index (χ2n) is 36.9. The van der Waals surface area contributed by atoms with Crippen molar-refractivity contribution in [2.75, 3.05) is 96.5 Å². The van der Waals surface area contributed by atoms with E-state index in [1.165, 1.54) is 37.5 Å². The lowest BCUT2D eigenvalue weighted by Crippen LogP contribution is -2.31. The summed E-state index contributed by atoms with van der Waals surface area (Å²) >= 11 is 0. The molecule has 5 aliphatic rings. The fourth-order valence-corrected chi connectivity index (χ4v) is 19.5. The standard InChI is InChI=1S/C32H36N6O2.C29H32N6O2.C26H23F3N6O2.C26H26N6O3/c33-31-30-29(25-13-15-26(16-14-25)40-23-24-9-3-1-4-10-24)35-32(38(30)22-17-34-31)27-11-7-21-37(27)28(39)12-8-20-36-18-5-2-6-19-36;1-33(2)17-7-11-25(36)34-18-6-10-24(34)29-32-26(27-28(30)31-16-19-35(27)29)22-12-14-23(15-13-22)37-20-21-8-4-3-5-9-21;1-2-21(36)34-12-3-4-20(34)25-33-22(23-24(30)31-11-13-35(23)25)16-5-9-19(10-6-16)37-15-18-8-7-17(14-32-18)26(27,28)29;1-3-22(33)31-13-4-5-21(31)26-30-23(24-25(27)28-12-14-32(24)26)17-6-9-19(10-7-17)35-16-18-8-11-20(34-2)15-29-18/h1,3-4,8-10,12-17,22,27H,2,5-7,11,18-21,23H2,(H2,33,34);3-5,7-9,11-16,19,24H,6,10,17-18,20H2,1-2H3,(H2,30,31);2,5-11,13-14,20H,1,3-4,12,15H2,(H2,30,31);3,6-12,14-15,21H,1,4-5,13,16H2,2H3,(H2,27,28)/b12-8+;11-7+;;/t27-;24-;20-;21-/m0000/s1. The lowest BCUT2D eigenvalue weighted by molar-refractivity contribution is -0.138. The Balaban J connectivity index is 0.000000130. The number of carbonyl (C=O) groups is 4. The first kappa shape index (κ1) is 102. The number of ether oxygens (including phenoxy) is 5. The molecule has 21 rings (SSSR count). The van der Waals surface area contributed by atoms with Gasteiger partial charge in [0.15, 0.2) is 0 Å². The number of methoxy groups -OCH3 is 1. The first-order chi connectivity index (χ1) is 72.5. The number of aromatic nitrogens is 14. The molecule has 16 aromatic rings. The zero-order valence-electron chi connectivity index (χ0n) is 83.1. The molecule has 0 radical (unpaired) electrons. The molecule has 0 aliphatic carbocycles. The highest BCUT2D eigenvalue weighted by molar-refractivity contribution is 5.93. The molecule has 0 unspecified atom stereocenters. The predicted molar refractivity (Wildman–Crippen MR) is 564 cm³/mol. The van der Waals surface area contributed by atoms with Gasteiger partial charge in [0.25, 0.3) is 0 Å². The molecule has 36 heteroatoms. The summed E-state index contributed by atoms with van der Waals surface area (Å²) in [6, 6.07) is 56.1. The number of alkyl halides is 3. The third-order valence-electron chi connectivity index (χ3n) is 26.9. The van der Waals surface area contributed by atoms with E-state index in [4.69, 9.17) is 66.6 Å². The lowest BCUT2D eigenvalue weighted by atomic mass is 10.1. The van der Waals surface area contributed by atoms with Crippen LogP contribution in [0.2, 0.25) is 0 Å². The third kappa shape index (κ3) is 23.7. The van der Waals surface area contributed by atoms with Crippen LogP contribution in [0.4, 0.5) is 36.4 Å². The lowest BCUT2D eigenvalue weighted by Gasteiger charge is -2.25. The Bertz CT molecular complexity index is 7450. The Morgan fingerprint density at radius 1 is 0.383 bits per heavy atom. The topological polar surface area (TPSA) is 384 Å². The number of carbonyl (C=O) groups excluding carboxylic acids is 4. The quantitative estimate of drug-likeness (QED) is 0.0316. The fraction of sp³-hybridized carbons (Fsp3) is 0.274. The van der Waals surface area contributed by atoms with Gasteiger partial charge in [0.1, 0.15) is 147 Å². The summed E-state index contributed by atoms with van der Waals surface area (Å²) in [7, 11) is 5.56. The van der Waals surface area contributed by atoms with E-state index < -0.39 is 11.7 Å². The van der Waals surface area contributed by atoms with Gasteiger partial charge in [0.2, 0.25) is 23.6 Å². The molecule has 10 aromatic heterocycles. The number of imidazole rings is 4. The molecule has 0 spiro atoms. The van der Waals surface area contributed by atoms with E-state index in [2.05, 4.69) is 48.0 Å². The van der Waals surface area contributed by atoms with Gasteiger partial charge >= 0.3 is 6.18 Å². The number of nitrogens with two attached hydrogens (primary N) is 4. The minimum atomic E-state index is -4.43. The van der Waals surface area contributed by atoms with Gasteiger partial charge in [-0.15, -0.1) is 0 Å². The number of halogens is 3. The minimum absolute atomic E-state index is 0.00426. The van der Waals surface area contributed by atoms with Crippen LogP contribution in [0.15, 0.2) is 294 Å². The zero-order chi connectivity index (χ0) is 104. The molecule has 764 valence electrons. The first-order valence-electron chi connectivity index (χ1n) is 49.7. The molecule has 4 amide bonds. The van der Waals surface area contributed by atoms with Crippen molar-refractivity contribution in [2.45, 2.75) is 127 Å². The number of hydrogen-bond acceptors (Lipinski definition) is 25. The number of amides is 4. The molecule has 5 aliphatic heterocycles. The van der Waals surface area contributed by atoms with E-state index in [1.54, 1.807) is 73.5 Å². The molecule has 6 aromatic carbocycles. The van der Waals surface area contributed by atoms with Crippen molar-refractivity contribution in [3.63, 3.8) is 0 Å². The van der Waals surface area contributed by atoms with Gasteiger partial charge in [-0.1, -0.05) is 92.4 Å². The van der Waals surface area contributed by atoms with E-state index in [0.29, 0.717) is 115 Å². The summed E-state index contributed by atoms with van der Waals surface area (Å²) in [5, 5.41) is 0. The number of pyridine rings is 2. The highest BCUT2D eigenvalue weighted by Gasteiger charge is 2.39. The Morgan fingerprint density at radius 3 is 1.01 bits per heavy atom. The van der Waals surface area contributed by atoms with E-state index >= 15 is 0 Å². The number of likely N-dealkylation sites (tertiary alicyclic amines) is 5. The third-order valence-corrected chi connectivity index (χ3v) is 26.9. The van der Waals surface area contributed by atoms with Crippen LogP contribution in [0, 0.1) is 0 Å². The monoisotopic (exact) mass is 2010 g/mol. The average Bonchev–Trinajstić information content (AvgIpc) is 1.62. The fourth-order valence-electron chi connectivity index (χ4n) is 19.5. The number of likely N-dealkylation sites (N-methyl/N-ethyl adjacent to an activating group) is 1. The zero-order valence-corrected chi connectivity index (χ0v) is 83.1. The van der Waals surface area contributed by atoms with Gasteiger partial charge in [-0.05, 0) is 236 Å². The van der Waals surface area contributed by atoms with Crippen molar-refractivity contribution in [1.29, 1.82) is 0 Å². The SMILES string of the molecule is C=CC(=O)N1CCC[C@H]1c1nc(-c2ccc(OCc3ccc(C(F)(F)F)cn3)cc2)c2c(N)nccn12.C=CC(=O)N1CCC[C@H]1c1nc(-c2ccc(OCc3ccc(OC)cn3)cc2)c2c(N)nccn12.CN(C)C/C=C/C(=O)N1CCC[C@H]1c1nc(-c2ccc(OCc3ccccc3)cc2)c2c(N)nccn12.Nc1nccn2c([C@@H]3CCCN3C(=O)/C=C/CN3CCCCC3)nc(-c3ccc(OCc4ccccc4)cc3)c12. The highest BCUT2D eigenvalue weighted by Crippen LogP contribution is 2.44. The number of nitrogen functional groups attached to an aromatic ring is 4. The number of anilines is 4. The smallest absolute Gasteiger partial charge is 0.417 e. The van der Waals surface area contributed by atoms with Crippen LogP contribution >= 0.6 is 0 Å². The summed E-state index contributed by atoms with van der Waals surface area (Å²) < 4.78 is 74.6. The molecule has 15 heterocycles. The molecular formula is C113H117F3N24O9. The maximum Gasteiger partial charge on any atom is 0.417 e. The van der Waals surface area contributed by atoms with Crippen LogP contribution in [-0.4, -0.2) is 194 Å². The van der Waals surface area contributed by atoms with Crippen molar-refractivity contribution in [3.05, 3.63) is 345 Å². The van der Waals surface area contributed by atoms with E-state index in [0.717, 1.165) is 186 Å². The van der Waals surface area contributed by atoms with Crippen molar-refractivity contribution < 1.29 is 56.0 Å². The summed E-state index contributed by atoms with van der Waals surface area (Å²) in [4.78, 5) is 108. The molecule has 4 atom stereocenters. The van der Waals surface area contributed by atoms with Crippen molar-refractivity contribution in [2.24, 2.45) is 0 Å². The van der Waals surface area contributed by atoms with Gasteiger partial charge < -0.3 is 71.1 Å². The Labute approximate surface area is 859 Å². The maximum atomic E-state index is 13.3. The number of benzene rings is 6. The van der Waals surface area contributed by atoms with Crippen LogP contribution in [0.5, 0.6) is 28.7 Å². The van der Waals surface area contributed by atoms with Gasteiger partial charge in [0.05, 0.1) is 54.4 Å². The van der Waals surface area contributed by atoms with Crippen LogP contribution in [-0.2, 0) is 51.8 Å². The van der Waals surface area contributed by atoms with E-state index in [-0.39, 0.29) is 54.4 Å². The van der Waals surface area contributed by atoms with Crippen LogP contribution in [0.3, 0.4) is 0 Å². The minimum Gasteiger partial charge on any atom is -0.495 e. The van der Waals surface area contributed by atoms with Gasteiger partial charge in [-0.3, -0.25) is 51.6 Å². The molecule has 8 N–H and O–H groups in total. The summed E-state index contributed by atoms with van der Waals surface area (Å²) in [6.07, 6.45) is 32.7. The van der Waals surface area contributed by atoms with Crippen molar-refractivity contribution in [1.82, 2.24) is 96.8 Å². The molecular weight excluding hydrogens is 1890 g/mol. The molecule has 5 fully saturated rings. The summed E-state index contributed by atoms with van der Waals surface area (Å²) in [5.41, 5.74) is 37.0. The normalized spacial score (nSPS) is 16.3. The number of hydrogen-bond donors (Lipinski definition) is 4. The van der Waals surface area contributed by atoms with E-state index in [1.807, 2.05) is 240 Å². The number of fused-ring (bicyclic) bond motifs is 4. The van der Waals surface area contributed by atoms with Crippen molar-refractivity contribution >= 4 is 69.0 Å². The van der Waals surface area contributed by atoms with E-state index in [9.17, 15) is 32.3 Å². The van der Waals surface area contributed by atoms with Crippen LogP contribution < -0.4 is 46.6 Å². The second kappa shape index (κ2) is 46.9. The summed E-state index contributed by atoms with van der Waals surface area (Å²) in [5.74, 6) is 7.88. The van der Waals surface area contributed by atoms with Crippen LogP contribution in [0.1, 0.15) is 146 Å². The Hall–Kier alpha value is -17.2.